The first-order chi connectivity index (χ1) is 19.2. The van der Waals surface area contributed by atoms with Crippen molar-refractivity contribution in [2.45, 2.75) is 58.6 Å². The van der Waals surface area contributed by atoms with Gasteiger partial charge < -0.3 is 19.1 Å². The van der Waals surface area contributed by atoms with E-state index < -0.39 is 61.9 Å². The smallest absolute Gasteiger partial charge is 0.459 e. The Labute approximate surface area is 235 Å². The molecule has 0 spiro atoms. The van der Waals surface area contributed by atoms with Crippen molar-refractivity contribution < 1.29 is 37.4 Å². The highest BCUT2D eigenvalue weighted by Crippen LogP contribution is 2.47. The summed E-state index contributed by atoms with van der Waals surface area (Å²) in [6.45, 7) is 6.77. The van der Waals surface area contributed by atoms with Crippen LogP contribution in [0.2, 0.25) is 0 Å². The molecular weight excluding hydrogens is 560 g/mol. The van der Waals surface area contributed by atoms with E-state index >= 15 is 0 Å². The number of halogens is 1. The van der Waals surface area contributed by atoms with Gasteiger partial charge in [-0.25, -0.2) is 9.36 Å². The van der Waals surface area contributed by atoms with Crippen LogP contribution in [0.15, 0.2) is 58.3 Å². The number of nitrogens with zero attached hydrogens (tertiary/aromatic N) is 1. The average molecular weight is 594 g/mol. The first-order valence-electron chi connectivity index (χ1n) is 13.0. The minimum atomic E-state index is -4.33. The summed E-state index contributed by atoms with van der Waals surface area (Å²) in [7, 11) is -4.33. The molecule has 1 aliphatic heterocycles. The predicted molar refractivity (Wildman–Crippen MR) is 147 cm³/mol. The van der Waals surface area contributed by atoms with E-state index in [0.29, 0.717) is 11.6 Å². The number of benzene rings is 2. The Morgan fingerprint density at radius 2 is 1.95 bits per heavy atom. The Morgan fingerprint density at radius 3 is 2.68 bits per heavy atom. The summed E-state index contributed by atoms with van der Waals surface area (Å²) in [5, 5.41) is 14.6. The number of H-pyrrole nitrogens is 1. The van der Waals surface area contributed by atoms with Crippen molar-refractivity contribution in [2.24, 2.45) is 5.41 Å². The first-order valence-corrected chi connectivity index (χ1v) is 14.5. The summed E-state index contributed by atoms with van der Waals surface area (Å²) in [6, 6.07) is 11.3. The van der Waals surface area contributed by atoms with E-state index in [0.717, 1.165) is 9.95 Å². The zero-order valence-corrected chi connectivity index (χ0v) is 23.9. The Hall–Kier alpha value is -3.35. The van der Waals surface area contributed by atoms with E-state index in [-0.39, 0.29) is 24.2 Å². The molecule has 2 aromatic carbocycles. The number of aromatic amines is 1. The van der Waals surface area contributed by atoms with Crippen molar-refractivity contribution in [3.63, 3.8) is 0 Å². The minimum absolute atomic E-state index is 0.126. The number of ether oxygens (including phenoxy) is 2. The Bertz CT molecular complexity index is 1560. The zero-order valence-electron chi connectivity index (χ0n) is 23.0. The molecule has 1 aliphatic rings. The summed E-state index contributed by atoms with van der Waals surface area (Å²) < 4.78 is 51.2. The Kier molecular flexibility index (Phi) is 9.15. The molecular formula is C27H33FN3O9P. The van der Waals surface area contributed by atoms with Crippen molar-refractivity contribution in [3.8, 4) is 5.75 Å². The molecule has 3 N–H and O–H groups in total. The molecule has 1 aromatic heterocycles. The van der Waals surface area contributed by atoms with Crippen LogP contribution >= 0.6 is 7.75 Å². The lowest BCUT2D eigenvalue weighted by Crippen LogP contribution is -2.37. The van der Waals surface area contributed by atoms with Gasteiger partial charge >= 0.3 is 19.4 Å². The fourth-order valence-corrected chi connectivity index (χ4v) is 5.60. The number of aliphatic hydroxyl groups is 1. The second kappa shape index (κ2) is 12.3. The SMILES string of the molecule is C[C@H](NP(=O)(OC[C@H]1O[C@@H](n2cc(F)c(=O)[nH]c2=O)CC1O)Oc1cccc2ccccc12)C(=O)OCC(C)(C)C. The number of carbonyl (C=O) groups excluding carboxylic acids is 1. The summed E-state index contributed by atoms with van der Waals surface area (Å²) in [5.74, 6) is -1.66. The number of aliphatic hydroxyl groups excluding tert-OH is 1. The highest BCUT2D eigenvalue weighted by molar-refractivity contribution is 7.52. The van der Waals surface area contributed by atoms with Gasteiger partial charge in [0.2, 0.25) is 5.82 Å². The van der Waals surface area contributed by atoms with E-state index in [2.05, 4.69) is 5.09 Å². The first kappa shape index (κ1) is 30.6. The number of fused-ring (bicyclic) bond motifs is 1. The Morgan fingerprint density at radius 1 is 1.24 bits per heavy atom. The standard InChI is InChI=1S/C27H33FN3O9P/c1-16(25(34)37-15-27(2,3)4)30-41(36,40-21-11-7-9-17-8-5-6-10-18(17)21)38-14-22-20(32)12-23(39-22)31-13-19(28)24(33)29-26(31)35/h5-11,13,16,20,22-23,32H,12,14-15H2,1-4H3,(H,30,36)(H,29,33,35)/t16-,20?,22+,23+,41?/m0/s1. The van der Waals surface area contributed by atoms with Gasteiger partial charge in [-0.1, -0.05) is 57.2 Å². The number of nitrogens with one attached hydrogen (secondary N) is 2. The van der Waals surface area contributed by atoms with E-state index in [1.807, 2.05) is 44.0 Å². The van der Waals surface area contributed by atoms with E-state index in [1.165, 1.54) is 6.92 Å². The second-order valence-corrected chi connectivity index (χ2v) is 12.7. The lowest BCUT2D eigenvalue weighted by molar-refractivity contribution is -0.148. The van der Waals surface area contributed by atoms with Crippen LogP contribution in [-0.4, -0.2) is 52.1 Å². The third-order valence-electron chi connectivity index (χ3n) is 6.17. The summed E-state index contributed by atoms with van der Waals surface area (Å²) in [5.41, 5.74) is -2.40. The van der Waals surface area contributed by atoms with Gasteiger partial charge in [0.25, 0.3) is 5.56 Å². The van der Waals surface area contributed by atoms with Gasteiger partial charge in [-0.3, -0.25) is 23.7 Å². The van der Waals surface area contributed by atoms with Gasteiger partial charge in [0, 0.05) is 11.8 Å². The van der Waals surface area contributed by atoms with Crippen LogP contribution in [0.4, 0.5) is 4.39 Å². The van der Waals surface area contributed by atoms with Crippen molar-refractivity contribution in [1.82, 2.24) is 14.6 Å². The van der Waals surface area contributed by atoms with Crippen LogP contribution < -0.4 is 20.9 Å². The molecule has 0 amide bonds. The number of hydrogen-bond donors (Lipinski definition) is 3. The van der Waals surface area contributed by atoms with E-state index in [4.69, 9.17) is 18.5 Å². The van der Waals surface area contributed by atoms with Gasteiger partial charge in [0.15, 0.2) is 0 Å². The van der Waals surface area contributed by atoms with Gasteiger partial charge in [-0.15, -0.1) is 0 Å². The molecule has 0 radical (unpaired) electrons. The van der Waals surface area contributed by atoms with Gasteiger partial charge in [0.05, 0.1) is 25.5 Å². The highest BCUT2D eigenvalue weighted by Gasteiger charge is 2.40. The number of hydrogen-bond acceptors (Lipinski definition) is 9. The number of rotatable bonds is 10. The van der Waals surface area contributed by atoms with E-state index in [9.17, 15) is 28.4 Å². The van der Waals surface area contributed by atoms with Crippen LogP contribution in [-0.2, 0) is 23.4 Å². The fourth-order valence-electron chi connectivity index (χ4n) is 4.08. The minimum Gasteiger partial charge on any atom is -0.464 e. The topological polar surface area (TPSA) is 158 Å². The third-order valence-corrected chi connectivity index (χ3v) is 7.80. The molecule has 1 saturated heterocycles. The maximum Gasteiger partial charge on any atom is 0.459 e. The second-order valence-electron chi connectivity index (χ2n) is 11.0. The maximum atomic E-state index is 14.0. The molecule has 0 bridgehead atoms. The molecule has 0 saturated carbocycles. The molecule has 0 aliphatic carbocycles. The zero-order chi connectivity index (χ0) is 29.9. The van der Waals surface area contributed by atoms with Crippen molar-refractivity contribution >= 4 is 24.5 Å². The maximum absolute atomic E-state index is 14.0. The highest BCUT2D eigenvalue weighted by atomic mass is 31.2. The van der Waals surface area contributed by atoms with Gasteiger partial charge in [-0.05, 0) is 23.8 Å². The predicted octanol–water partition coefficient (Wildman–Crippen LogP) is 3.25. The lowest BCUT2D eigenvalue weighted by atomic mass is 9.99. The van der Waals surface area contributed by atoms with Crippen LogP contribution in [0.25, 0.3) is 10.8 Å². The van der Waals surface area contributed by atoms with E-state index in [1.54, 1.807) is 24.3 Å². The Balaban J connectivity index is 1.54. The summed E-state index contributed by atoms with van der Waals surface area (Å²) >= 11 is 0. The normalized spacial score (nSPS) is 21.4. The van der Waals surface area contributed by atoms with Crippen LogP contribution in [0.1, 0.15) is 40.3 Å². The fraction of sp³-hybridized carbons (Fsp3) is 0.444. The number of carbonyl (C=O) groups is 1. The van der Waals surface area contributed by atoms with Crippen molar-refractivity contribution in [1.29, 1.82) is 0 Å². The van der Waals surface area contributed by atoms with Gasteiger partial charge in [-0.2, -0.15) is 9.48 Å². The molecule has 4 rings (SSSR count). The summed E-state index contributed by atoms with van der Waals surface area (Å²) in [6.07, 6.45) is -2.91. The summed E-state index contributed by atoms with van der Waals surface area (Å²) in [4.78, 5) is 38.0. The van der Waals surface area contributed by atoms with Gasteiger partial charge in [0.1, 0.15) is 24.1 Å². The molecule has 222 valence electrons. The molecule has 2 unspecified atom stereocenters. The number of esters is 1. The lowest BCUT2D eigenvalue weighted by Gasteiger charge is -2.26. The molecule has 3 aromatic rings. The molecule has 12 nitrogen and oxygen atoms in total. The molecule has 1 fully saturated rings. The number of aromatic nitrogens is 2. The van der Waals surface area contributed by atoms with Crippen LogP contribution in [0.5, 0.6) is 5.75 Å². The molecule has 14 heteroatoms. The molecule has 41 heavy (non-hydrogen) atoms. The largest absolute Gasteiger partial charge is 0.464 e. The van der Waals surface area contributed by atoms with Crippen LogP contribution in [0.3, 0.4) is 0 Å². The monoisotopic (exact) mass is 593 g/mol. The average Bonchev–Trinajstić information content (AvgIpc) is 3.28. The quantitative estimate of drug-likeness (QED) is 0.235. The van der Waals surface area contributed by atoms with Crippen LogP contribution in [0, 0.1) is 11.2 Å². The van der Waals surface area contributed by atoms with Crippen molar-refractivity contribution in [2.75, 3.05) is 13.2 Å². The third kappa shape index (κ3) is 7.69. The van der Waals surface area contributed by atoms with Crippen molar-refractivity contribution in [3.05, 3.63) is 75.3 Å². The molecule has 5 atom stereocenters. The molecule has 2 heterocycles.